The van der Waals surface area contributed by atoms with Crippen LogP contribution in [0.4, 0.5) is 4.39 Å². The Hall–Kier alpha value is -3.10. The van der Waals surface area contributed by atoms with Crippen molar-refractivity contribution < 1.29 is 17.3 Å². The molecule has 1 atom stereocenters. The summed E-state index contributed by atoms with van der Waals surface area (Å²) < 4.78 is 46.7. The minimum Gasteiger partial charge on any atom is -0.339 e. The summed E-state index contributed by atoms with van der Waals surface area (Å²) in [6, 6.07) is 18.7. The van der Waals surface area contributed by atoms with Gasteiger partial charge in [-0.1, -0.05) is 35.5 Å². The van der Waals surface area contributed by atoms with Crippen LogP contribution in [0.3, 0.4) is 0 Å². The Morgan fingerprint density at radius 2 is 1.77 bits per heavy atom. The van der Waals surface area contributed by atoms with E-state index >= 15 is 0 Å². The van der Waals surface area contributed by atoms with Crippen molar-refractivity contribution in [3.8, 4) is 11.4 Å². The fourth-order valence-corrected chi connectivity index (χ4v) is 5.52. The zero-order valence-electron chi connectivity index (χ0n) is 16.6. The lowest BCUT2D eigenvalue weighted by molar-refractivity contribution is 0.265. The summed E-state index contributed by atoms with van der Waals surface area (Å²) in [7, 11) is -3.64. The number of aromatic nitrogens is 2. The second kappa shape index (κ2) is 7.86. The van der Waals surface area contributed by atoms with Crippen LogP contribution in [0.2, 0.25) is 0 Å². The van der Waals surface area contributed by atoms with Crippen molar-refractivity contribution in [1.82, 2.24) is 14.4 Å². The molecule has 6 nitrogen and oxygen atoms in total. The van der Waals surface area contributed by atoms with Gasteiger partial charge in [0.05, 0.1) is 10.8 Å². The first-order valence-electron chi connectivity index (χ1n) is 10.1. The molecule has 1 saturated heterocycles. The molecule has 0 N–H and O–H groups in total. The third kappa shape index (κ3) is 3.84. The van der Waals surface area contributed by atoms with E-state index < -0.39 is 10.0 Å². The molecule has 1 fully saturated rings. The molecule has 8 heteroatoms. The molecule has 0 unspecified atom stereocenters. The number of halogens is 1. The van der Waals surface area contributed by atoms with Gasteiger partial charge in [-0.2, -0.15) is 9.29 Å². The lowest BCUT2D eigenvalue weighted by Crippen LogP contribution is -2.39. The Morgan fingerprint density at radius 1 is 1.00 bits per heavy atom. The zero-order valence-corrected chi connectivity index (χ0v) is 17.4. The molecule has 0 spiro atoms. The van der Waals surface area contributed by atoms with E-state index in [2.05, 4.69) is 10.1 Å². The van der Waals surface area contributed by atoms with Gasteiger partial charge < -0.3 is 4.52 Å². The van der Waals surface area contributed by atoms with E-state index in [1.807, 2.05) is 30.3 Å². The highest BCUT2D eigenvalue weighted by Crippen LogP contribution is 2.31. The van der Waals surface area contributed by atoms with E-state index in [9.17, 15) is 12.8 Å². The number of rotatable bonds is 4. The van der Waals surface area contributed by atoms with Gasteiger partial charge in [-0.3, -0.25) is 0 Å². The summed E-state index contributed by atoms with van der Waals surface area (Å²) in [5, 5.41) is 5.88. The number of benzene rings is 3. The molecule has 0 amide bonds. The van der Waals surface area contributed by atoms with Gasteiger partial charge in [0.25, 0.3) is 0 Å². The van der Waals surface area contributed by atoms with Crippen LogP contribution in [0.25, 0.3) is 22.2 Å². The first kappa shape index (κ1) is 19.8. The van der Waals surface area contributed by atoms with Gasteiger partial charge in [-0.05, 0) is 60.0 Å². The Balaban J connectivity index is 1.39. The molecule has 0 aliphatic carbocycles. The van der Waals surface area contributed by atoms with Crippen LogP contribution in [-0.4, -0.2) is 36.0 Å². The second-order valence-electron chi connectivity index (χ2n) is 7.67. The lowest BCUT2D eigenvalue weighted by Gasteiger charge is -2.30. The monoisotopic (exact) mass is 437 g/mol. The molecular formula is C23H20FN3O3S. The Morgan fingerprint density at radius 3 is 2.58 bits per heavy atom. The minimum absolute atomic E-state index is 0.189. The Labute approximate surface area is 179 Å². The smallest absolute Gasteiger partial charge is 0.243 e. The van der Waals surface area contributed by atoms with Crippen molar-refractivity contribution >= 4 is 20.8 Å². The van der Waals surface area contributed by atoms with Crippen LogP contribution >= 0.6 is 0 Å². The molecule has 0 bridgehead atoms. The predicted molar refractivity (Wildman–Crippen MR) is 114 cm³/mol. The molecule has 0 saturated carbocycles. The standard InChI is InChI=1S/C23H20FN3O3S/c24-20-10-7-17(8-11-20)22-25-23(30-26-22)19-6-3-13-27(15-19)31(28,29)21-12-9-16-4-1-2-5-18(16)14-21/h1-2,4-5,7-12,14,19H,3,6,13,15H2/t19-/m0/s1. The van der Waals surface area contributed by atoms with Crippen LogP contribution in [0.5, 0.6) is 0 Å². The molecule has 31 heavy (non-hydrogen) atoms. The molecule has 2 heterocycles. The molecule has 5 rings (SSSR count). The number of hydrogen-bond acceptors (Lipinski definition) is 5. The van der Waals surface area contributed by atoms with Crippen molar-refractivity contribution in [2.75, 3.05) is 13.1 Å². The van der Waals surface area contributed by atoms with Crippen molar-refractivity contribution in [2.45, 2.75) is 23.7 Å². The highest BCUT2D eigenvalue weighted by atomic mass is 32.2. The molecule has 158 valence electrons. The maximum absolute atomic E-state index is 13.3. The average Bonchev–Trinajstić information content (AvgIpc) is 3.30. The van der Waals surface area contributed by atoms with Gasteiger partial charge in [-0.25, -0.2) is 12.8 Å². The van der Waals surface area contributed by atoms with Gasteiger partial charge in [-0.15, -0.1) is 0 Å². The predicted octanol–water partition coefficient (Wildman–Crippen LogP) is 4.60. The molecule has 0 radical (unpaired) electrons. The first-order chi connectivity index (χ1) is 15.0. The van der Waals surface area contributed by atoms with Crippen molar-refractivity contribution in [1.29, 1.82) is 0 Å². The van der Waals surface area contributed by atoms with E-state index in [1.165, 1.54) is 16.4 Å². The van der Waals surface area contributed by atoms with E-state index in [0.717, 1.165) is 17.2 Å². The number of nitrogens with zero attached hydrogens (tertiary/aromatic N) is 3. The second-order valence-corrected chi connectivity index (χ2v) is 9.61. The van der Waals surface area contributed by atoms with E-state index in [4.69, 9.17) is 4.52 Å². The quantitative estimate of drug-likeness (QED) is 0.466. The van der Waals surface area contributed by atoms with Crippen LogP contribution < -0.4 is 0 Å². The molecule has 3 aromatic carbocycles. The van der Waals surface area contributed by atoms with Gasteiger partial charge in [0.1, 0.15) is 5.82 Å². The Bertz CT molecular complexity index is 1340. The van der Waals surface area contributed by atoms with Crippen LogP contribution in [0, 0.1) is 5.82 Å². The maximum atomic E-state index is 13.3. The topological polar surface area (TPSA) is 76.3 Å². The largest absolute Gasteiger partial charge is 0.339 e. The zero-order chi connectivity index (χ0) is 21.4. The minimum atomic E-state index is -3.64. The van der Waals surface area contributed by atoms with E-state index in [0.29, 0.717) is 30.2 Å². The fraction of sp³-hybridized carbons (Fsp3) is 0.217. The van der Waals surface area contributed by atoms with Crippen molar-refractivity contribution in [2.24, 2.45) is 0 Å². The summed E-state index contributed by atoms with van der Waals surface area (Å²) in [5.41, 5.74) is 0.646. The average molecular weight is 437 g/mol. The summed E-state index contributed by atoms with van der Waals surface area (Å²) in [4.78, 5) is 4.72. The van der Waals surface area contributed by atoms with Crippen LogP contribution in [-0.2, 0) is 10.0 Å². The van der Waals surface area contributed by atoms with Gasteiger partial charge >= 0.3 is 0 Å². The summed E-state index contributed by atoms with van der Waals surface area (Å²) in [6.45, 7) is 0.727. The number of sulfonamides is 1. The van der Waals surface area contributed by atoms with Crippen molar-refractivity contribution in [3.05, 3.63) is 78.4 Å². The lowest BCUT2D eigenvalue weighted by atomic mass is 10.00. The number of hydrogen-bond donors (Lipinski definition) is 0. The van der Waals surface area contributed by atoms with Crippen LogP contribution in [0.15, 0.2) is 76.1 Å². The number of piperidine rings is 1. The maximum Gasteiger partial charge on any atom is 0.243 e. The number of fused-ring (bicyclic) bond motifs is 1. The van der Waals surface area contributed by atoms with Gasteiger partial charge in [0.2, 0.25) is 21.7 Å². The molecule has 1 aromatic heterocycles. The van der Waals surface area contributed by atoms with Gasteiger partial charge in [0.15, 0.2) is 0 Å². The fourth-order valence-electron chi connectivity index (χ4n) is 3.96. The summed E-state index contributed by atoms with van der Waals surface area (Å²) in [5.74, 6) is 0.238. The molecular weight excluding hydrogens is 417 g/mol. The van der Waals surface area contributed by atoms with E-state index in [-0.39, 0.29) is 23.2 Å². The summed E-state index contributed by atoms with van der Waals surface area (Å²) >= 11 is 0. The molecule has 4 aromatic rings. The normalized spacial score (nSPS) is 17.8. The molecule has 1 aliphatic rings. The Kier molecular flexibility index (Phi) is 5.03. The summed E-state index contributed by atoms with van der Waals surface area (Å²) in [6.07, 6.45) is 1.46. The van der Waals surface area contributed by atoms with Crippen molar-refractivity contribution in [3.63, 3.8) is 0 Å². The van der Waals surface area contributed by atoms with Gasteiger partial charge in [0, 0.05) is 18.7 Å². The SMILES string of the molecule is O=S(=O)(c1ccc2ccccc2c1)N1CCC[C@H](c2nc(-c3ccc(F)cc3)no2)C1. The highest BCUT2D eigenvalue weighted by molar-refractivity contribution is 7.89. The third-order valence-corrected chi connectivity index (χ3v) is 7.50. The van der Waals surface area contributed by atoms with E-state index in [1.54, 1.807) is 24.3 Å². The van der Waals surface area contributed by atoms with Crippen LogP contribution in [0.1, 0.15) is 24.7 Å². The first-order valence-corrected chi connectivity index (χ1v) is 11.5. The molecule has 1 aliphatic heterocycles. The highest BCUT2D eigenvalue weighted by Gasteiger charge is 2.33. The third-order valence-electron chi connectivity index (χ3n) is 5.64.